The summed E-state index contributed by atoms with van der Waals surface area (Å²) in [6, 6.07) is 0. The quantitative estimate of drug-likeness (QED) is 0.614. The number of alkyl halides is 1. The summed E-state index contributed by atoms with van der Waals surface area (Å²) in [6.07, 6.45) is 0.553. The molecule has 0 nitrogen and oxygen atoms in total. The first-order valence-corrected chi connectivity index (χ1v) is 3.35. The van der Waals surface area contributed by atoms with Crippen LogP contribution in [-0.4, -0.2) is 6.67 Å². The summed E-state index contributed by atoms with van der Waals surface area (Å²) in [4.78, 5) is 0. The van der Waals surface area contributed by atoms with Gasteiger partial charge in [0.15, 0.2) is 0 Å². The maximum atomic E-state index is 11.5. The molecule has 0 aromatic carbocycles. The maximum absolute atomic E-state index is 11.5. The van der Waals surface area contributed by atoms with Crippen LogP contribution in [0.4, 0.5) is 4.39 Å². The Morgan fingerprint density at radius 3 is 2.12 bits per heavy atom. The number of hydrogen-bond acceptors (Lipinski definition) is 0. The zero-order valence-electron chi connectivity index (χ0n) is 5.17. The van der Waals surface area contributed by atoms with E-state index in [9.17, 15) is 4.39 Å². The van der Waals surface area contributed by atoms with Gasteiger partial charge in [-0.05, 0) is 24.8 Å². The van der Waals surface area contributed by atoms with Crippen molar-refractivity contribution in [3.63, 3.8) is 0 Å². The molecule has 0 rings (SSSR count). The molecule has 0 atom stereocenters. The van der Waals surface area contributed by atoms with Crippen molar-refractivity contribution in [2.75, 3.05) is 6.67 Å². The predicted octanol–water partition coefficient (Wildman–Crippen LogP) is 3.03. The third-order valence-electron chi connectivity index (χ3n) is 1.06. The first kappa shape index (κ1) is 8.15. The molecule has 0 aliphatic heterocycles. The summed E-state index contributed by atoms with van der Waals surface area (Å²) in [7, 11) is 0. The summed E-state index contributed by atoms with van der Waals surface area (Å²) in [5.41, 5.74) is 1.09. The van der Waals surface area contributed by atoms with E-state index in [-0.39, 0.29) is 6.67 Å². The van der Waals surface area contributed by atoms with Crippen LogP contribution in [0.5, 0.6) is 0 Å². The third-order valence-corrected chi connectivity index (χ3v) is 1.73. The molecule has 0 bridgehead atoms. The fourth-order valence-electron chi connectivity index (χ4n) is 0.314. The Morgan fingerprint density at radius 1 is 1.50 bits per heavy atom. The number of allylic oxidation sites excluding steroid dienone is 2. The van der Waals surface area contributed by atoms with Gasteiger partial charge in [0, 0.05) is 0 Å². The molecule has 0 saturated carbocycles. The Kier molecular flexibility index (Phi) is 4.15. The molecule has 0 radical (unpaired) electrons. The second-order valence-corrected chi connectivity index (χ2v) is 2.94. The van der Waals surface area contributed by atoms with Crippen LogP contribution in [-0.2, 0) is 0 Å². The van der Waals surface area contributed by atoms with Crippen LogP contribution >= 0.6 is 15.9 Å². The third kappa shape index (κ3) is 3.19. The molecule has 0 unspecified atom stereocenters. The lowest BCUT2D eigenvalue weighted by Crippen LogP contribution is -1.79. The van der Waals surface area contributed by atoms with Gasteiger partial charge >= 0.3 is 0 Å². The second-order valence-electron chi connectivity index (χ2n) is 1.75. The van der Waals surface area contributed by atoms with E-state index in [2.05, 4.69) is 15.9 Å². The zero-order chi connectivity index (χ0) is 6.57. The van der Waals surface area contributed by atoms with E-state index in [1.165, 1.54) is 0 Å². The lowest BCUT2D eigenvalue weighted by Gasteiger charge is -1.95. The average Bonchev–Trinajstić information content (AvgIpc) is 1.67. The molecular formula is C6H10BrF. The highest BCUT2D eigenvalue weighted by Crippen LogP contribution is 2.12. The van der Waals surface area contributed by atoms with Gasteiger partial charge in [-0.2, -0.15) is 0 Å². The molecule has 0 spiro atoms. The maximum Gasteiger partial charge on any atom is 0.0931 e. The lowest BCUT2D eigenvalue weighted by molar-refractivity contribution is 0.494. The Balaban J connectivity index is 3.62. The van der Waals surface area contributed by atoms with Crippen molar-refractivity contribution in [1.29, 1.82) is 0 Å². The van der Waals surface area contributed by atoms with Crippen molar-refractivity contribution in [1.82, 2.24) is 0 Å². The molecule has 2 heteroatoms. The molecule has 0 heterocycles. The smallest absolute Gasteiger partial charge is 0.0931 e. The van der Waals surface area contributed by atoms with Crippen LogP contribution < -0.4 is 0 Å². The summed E-state index contributed by atoms with van der Waals surface area (Å²) >= 11 is 3.25. The van der Waals surface area contributed by atoms with Crippen LogP contribution in [0.15, 0.2) is 10.1 Å². The number of hydrogen-bond donors (Lipinski definition) is 0. The van der Waals surface area contributed by atoms with Crippen LogP contribution in [0.3, 0.4) is 0 Å². The fourth-order valence-corrected chi connectivity index (χ4v) is 0.512. The summed E-state index contributed by atoms with van der Waals surface area (Å²) in [5.74, 6) is 0. The van der Waals surface area contributed by atoms with Crippen LogP contribution in [0.1, 0.15) is 20.3 Å². The van der Waals surface area contributed by atoms with Crippen LogP contribution in [0.25, 0.3) is 0 Å². The number of rotatable bonds is 2. The van der Waals surface area contributed by atoms with E-state index < -0.39 is 0 Å². The minimum Gasteiger partial charge on any atom is -0.251 e. The minimum absolute atomic E-state index is 0.255. The largest absolute Gasteiger partial charge is 0.251 e. The van der Waals surface area contributed by atoms with Crippen molar-refractivity contribution in [2.24, 2.45) is 0 Å². The van der Waals surface area contributed by atoms with Gasteiger partial charge in [0.2, 0.25) is 0 Å². The van der Waals surface area contributed by atoms with Gasteiger partial charge in [-0.25, -0.2) is 0 Å². The Morgan fingerprint density at radius 2 is 2.00 bits per heavy atom. The Hall–Kier alpha value is 0.150. The molecule has 48 valence electrons. The topological polar surface area (TPSA) is 0 Å². The molecule has 0 amide bonds. The monoisotopic (exact) mass is 180 g/mol. The zero-order valence-corrected chi connectivity index (χ0v) is 6.76. The normalized spacial score (nSPS) is 13.5. The van der Waals surface area contributed by atoms with Gasteiger partial charge in [0.1, 0.15) is 0 Å². The molecule has 0 saturated heterocycles. The lowest BCUT2D eigenvalue weighted by atomic mass is 10.2. The minimum atomic E-state index is -0.255. The average molecular weight is 181 g/mol. The molecule has 8 heavy (non-hydrogen) atoms. The Labute approximate surface area is 57.9 Å². The molecule has 0 aromatic heterocycles. The van der Waals surface area contributed by atoms with Gasteiger partial charge in [0.25, 0.3) is 0 Å². The van der Waals surface area contributed by atoms with Crippen LogP contribution in [0.2, 0.25) is 0 Å². The van der Waals surface area contributed by atoms with E-state index in [1.54, 1.807) is 0 Å². The van der Waals surface area contributed by atoms with Gasteiger partial charge < -0.3 is 0 Å². The highest BCUT2D eigenvalue weighted by Gasteiger charge is 1.90. The first-order valence-electron chi connectivity index (χ1n) is 2.56. The van der Waals surface area contributed by atoms with E-state index in [1.807, 2.05) is 13.8 Å². The van der Waals surface area contributed by atoms with Crippen molar-refractivity contribution in [2.45, 2.75) is 20.3 Å². The van der Waals surface area contributed by atoms with E-state index in [4.69, 9.17) is 0 Å². The van der Waals surface area contributed by atoms with Gasteiger partial charge in [-0.15, -0.1) is 0 Å². The molecule has 0 aromatic rings. The summed E-state index contributed by atoms with van der Waals surface area (Å²) < 4.78 is 12.6. The molecule has 0 fully saturated rings. The molecular weight excluding hydrogens is 171 g/mol. The molecule has 0 N–H and O–H groups in total. The standard InChI is InChI=1S/C6H10BrF/c1-5(3-4-8)6(2)7/h3-4H2,1-2H3/b6-5-. The van der Waals surface area contributed by atoms with Crippen molar-refractivity contribution < 1.29 is 4.39 Å². The Bertz CT molecular complexity index is 92.7. The van der Waals surface area contributed by atoms with Crippen molar-refractivity contribution >= 4 is 15.9 Å². The second kappa shape index (κ2) is 4.07. The highest BCUT2D eigenvalue weighted by atomic mass is 79.9. The first-order chi connectivity index (χ1) is 3.68. The number of halogens is 2. The van der Waals surface area contributed by atoms with E-state index in [0.29, 0.717) is 6.42 Å². The molecule has 0 aliphatic rings. The SMILES string of the molecule is C/C(Br)=C(\C)CCF. The van der Waals surface area contributed by atoms with E-state index in [0.717, 1.165) is 10.1 Å². The summed E-state index contributed by atoms with van der Waals surface area (Å²) in [6.45, 7) is 3.59. The van der Waals surface area contributed by atoms with Gasteiger partial charge in [-0.1, -0.05) is 21.5 Å². The van der Waals surface area contributed by atoms with Crippen molar-refractivity contribution in [3.05, 3.63) is 10.1 Å². The van der Waals surface area contributed by atoms with Gasteiger partial charge in [-0.3, -0.25) is 4.39 Å². The van der Waals surface area contributed by atoms with Gasteiger partial charge in [0.05, 0.1) is 6.67 Å². The summed E-state index contributed by atoms with van der Waals surface area (Å²) in [5, 5.41) is 0. The highest BCUT2D eigenvalue weighted by molar-refractivity contribution is 9.11. The molecule has 0 aliphatic carbocycles. The fraction of sp³-hybridized carbons (Fsp3) is 0.667. The van der Waals surface area contributed by atoms with Crippen LogP contribution in [0, 0.1) is 0 Å². The predicted molar refractivity (Wildman–Crippen MR) is 37.9 cm³/mol. The van der Waals surface area contributed by atoms with E-state index >= 15 is 0 Å². The van der Waals surface area contributed by atoms with Crippen molar-refractivity contribution in [3.8, 4) is 0 Å².